The van der Waals surface area contributed by atoms with Gasteiger partial charge in [0.05, 0.1) is 19.0 Å². The molecule has 24 heavy (non-hydrogen) atoms. The normalized spacial score (nSPS) is 27.2. The summed E-state index contributed by atoms with van der Waals surface area (Å²) in [4.78, 5) is 23.9. The van der Waals surface area contributed by atoms with E-state index in [0.29, 0.717) is 11.2 Å². The van der Waals surface area contributed by atoms with E-state index in [4.69, 9.17) is 22.7 Å². The Morgan fingerprint density at radius 3 is 2.96 bits per heavy atom. The summed E-state index contributed by atoms with van der Waals surface area (Å²) in [6, 6.07) is 0. The molecule has 10 heteroatoms. The van der Waals surface area contributed by atoms with Crippen LogP contribution in [-0.2, 0) is 15.3 Å². The lowest BCUT2D eigenvalue weighted by atomic mass is 9.94. The highest BCUT2D eigenvalue weighted by molar-refractivity contribution is 7.71. The zero-order chi connectivity index (χ0) is 17.6. The topological polar surface area (TPSA) is 139 Å². The third kappa shape index (κ3) is 2.42. The zero-order valence-electron chi connectivity index (χ0n) is 13.3. The summed E-state index contributed by atoms with van der Waals surface area (Å²) in [6.45, 7) is 3.08. The van der Waals surface area contributed by atoms with Gasteiger partial charge in [-0.15, -0.1) is 0 Å². The molecule has 3 atom stereocenters. The highest BCUT2D eigenvalue weighted by atomic mass is 32.1. The van der Waals surface area contributed by atoms with E-state index in [1.54, 1.807) is 13.8 Å². The lowest BCUT2D eigenvalue weighted by Gasteiger charge is -2.31. The number of Topliss-reactive ketones (excluding diaryl/α,β-unsaturated/α-hetero) is 1. The predicted octanol–water partition coefficient (Wildman–Crippen LogP) is 0.0911. The van der Waals surface area contributed by atoms with Crippen LogP contribution in [0.1, 0.15) is 20.3 Å². The smallest absolute Gasteiger partial charge is 0.210 e. The summed E-state index contributed by atoms with van der Waals surface area (Å²) in [5.41, 5.74) is 4.98. The van der Waals surface area contributed by atoms with Gasteiger partial charge >= 0.3 is 0 Å². The number of hydrogen-bond acceptors (Lipinski definition) is 8. The largest absolute Gasteiger partial charge is 0.394 e. The number of H-pyrrole nitrogens is 1. The minimum absolute atomic E-state index is 0.0104. The van der Waals surface area contributed by atoms with Gasteiger partial charge in [0.2, 0.25) is 5.72 Å². The zero-order valence-corrected chi connectivity index (χ0v) is 14.1. The van der Waals surface area contributed by atoms with Crippen LogP contribution in [0.4, 0.5) is 5.95 Å². The second kappa shape index (κ2) is 5.88. The number of nitrogens with one attached hydrogen (secondary N) is 1. The highest BCUT2D eigenvalue weighted by Gasteiger charge is 2.53. The van der Waals surface area contributed by atoms with Gasteiger partial charge in [-0.1, -0.05) is 26.1 Å². The summed E-state index contributed by atoms with van der Waals surface area (Å²) in [6.07, 6.45) is -0.460. The van der Waals surface area contributed by atoms with Crippen LogP contribution < -0.4 is 5.73 Å². The van der Waals surface area contributed by atoms with Crippen LogP contribution in [0.15, 0.2) is 6.33 Å². The highest BCUT2D eigenvalue weighted by Crippen LogP contribution is 2.39. The van der Waals surface area contributed by atoms with Crippen molar-refractivity contribution in [3.8, 4) is 0 Å². The van der Waals surface area contributed by atoms with E-state index in [2.05, 4.69) is 15.0 Å². The molecule has 2 aromatic heterocycles. The number of ketones is 1. The van der Waals surface area contributed by atoms with Crippen molar-refractivity contribution >= 4 is 35.1 Å². The number of aliphatic hydroxyl groups excluding tert-OH is 2. The van der Waals surface area contributed by atoms with Crippen LogP contribution in [0.25, 0.3) is 11.2 Å². The maximum Gasteiger partial charge on any atom is 0.210 e. The number of aromatic nitrogens is 4. The number of ether oxygens (including phenoxy) is 1. The molecule has 1 aliphatic rings. The van der Waals surface area contributed by atoms with Crippen LogP contribution >= 0.6 is 12.2 Å². The predicted molar refractivity (Wildman–Crippen MR) is 87.5 cm³/mol. The Kier molecular flexibility index (Phi) is 4.16. The number of nitrogen functional groups attached to an aromatic ring is 1. The monoisotopic (exact) mass is 353 g/mol. The van der Waals surface area contributed by atoms with Crippen molar-refractivity contribution in [1.29, 1.82) is 0 Å². The molecule has 1 aliphatic heterocycles. The fourth-order valence-corrected chi connectivity index (χ4v) is 3.29. The van der Waals surface area contributed by atoms with E-state index >= 15 is 0 Å². The van der Waals surface area contributed by atoms with Crippen molar-refractivity contribution < 1.29 is 19.7 Å². The molecule has 1 saturated heterocycles. The molecule has 3 rings (SSSR count). The van der Waals surface area contributed by atoms with Crippen molar-refractivity contribution in [3.05, 3.63) is 11.0 Å². The number of anilines is 1. The molecular formula is C14H19N5O4S. The van der Waals surface area contributed by atoms with E-state index < -0.39 is 24.5 Å². The standard InChI is InChI=1S/C14H19N5O4S/c1-6(2)10(22)14(3-7(21)8(4-20)23-14)19-5-16-9-11(19)17-13(15)18-12(9)24/h5-8,20-21H,3-4H2,1-2H3,(H3,15,17,18,24)/t7-,8+,14-/m0/s1. The number of rotatable bonds is 4. The lowest BCUT2D eigenvalue weighted by molar-refractivity contribution is -0.163. The van der Waals surface area contributed by atoms with Gasteiger partial charge in [0, 0.05) is 12.3 Å². The van der Waals surface area contributed by atoms with Crippen LogP contribution in [0, 0.1) is 10.6 Å². The van der Waals surface area contributed by atoms with Crippen molar-refractivity contribution in [2.24, 2.45) is 5.92 Å². The minimum Gasteiger partial charge on any atom is -0.394 e. The van der Waals surface area contributed by atoms with Crippen molar-refractivity contribution in [2.45, 2.75) is 38.2 Å². The Hall–Kier alpha value is -1.88. The number of imidazole rings is 1. The second-order valence-electron chi connectivity index (χ2n) is 6.15. The molecule has 0 bridgehead atoms. The first-order valence-corrected chi connectivity index (χ1v) is 7.95. The van der Waals surface area contributed by atoms with Gasteiger partial charge in [-0.05, 0) is 0 Å². The third-order valence-corrected chi connectivity index (χ3v) is 4.46. The molecule has 1 fully saturated rings. The third-order valence-electron chi connectivity index (χ3n) is 4.18. The molecular weight excluding hydrogens is 334 g/mol. The first-order valence-electron chi connectivity index (χ1n) is 7.54. The number of aliphatic hydroxyl groups is 2. The summed E-state index contributed by atoms with van der Waals surface area (Å²) in [5, 5.41) is 19.6. The lowest BCUT2D eigenvalue weighted by Crippen LogP contribution is -2.44. The fourth-order valence-electron chi connectivity index (χ4n) is 3.04. The molecule has 130 valence electrons. The number of fused-ring (bicyclic) bond motifs is 1. The average molecular weight is 353 g/mol. The number of hydrogen-bond donors (Lipinski definition) is 4. The fraction of sp³-hybridized carbons (Fsp3) is 0.571. The van der Waals surface area contributed by atoms with E-state index in [9.17, 15) is 15.0 Å². The summed E-state index contributed by atoms with van der Waals surface area (Å²) in [5.74, 6) is -0.528. The number of carbonyl (C=O) groups is 1. The SMILES string of the molecule is CC(C)C(=O)[C@]1(n2cnc3c(=S)nc(N)[nH]c32)C[C@H](O)[C@@H](CO)O1. The molecule has 5 N–H and O–H groups in total. The maximum absolute atomic E-state index is 12.9. The quantitative estimate of drug-likeness (QED) is 0.567. The van der Waals surface area contributed by atoms with E-state index in [1.165, 1.54) is 10.9 Å². The Morgan fingerprint density at radius 2 is 2.38 bits per heavy atom. The molecule has 0 aliphatic carbocycles. The average Bonchev–Trinajstić information content (AvgIpc) is 3.08. The molecule has 0 unspecified atom stereocenters. The Bertz CT molecular complexity index is 847. The molecule has 2 aromatic rings. The Labute approximate surface area is 142 Å². The van der Waals surface area contributed by atoms with E-state index in [1.807, 2.05) is 0 Å². The molecule has 0 aromatic carbocycles. The van der Waals surface area contributed by atoms with E-state index in [-0.39, 0.29) is 28.7 Å². The van der Waals surface area contributed by atoms with Gasteiger partial charge in [-0.2, -0.15) is 0 Å². The maximum atomic E-state index is 12.9. The van der Waals surface area contributed by atoms with Gasteiger partial charge in [0.15, 0.2) is 16.4 Å². The van der Waals surface area contributed by atoms with Gasteiger partial charge < -0.3 is 25.7 Å². The first kappa shape index (κ1) is 17.0. The second-order valence-corrected chi connectivity index (χ2v) is 6.54. The molecule has 0 spiro atoms. The van der Waals surface area contributed by atoms with Crippen LogP contribution in [-0.4, -0.2) is 54.3 Å². The van der Waals surface area contributed by atoms with Crippen LogP contribution in [0.2, 0.25) is 0 Å². The summed E-state index contributed by atoms with van der Waals surface area (Å²) >= 11 is 5.15. The summed E-state index contributed by atoms with van der Waals surface area (Å²) < 4.78 is 7.51. The molecule has 0 saturated carbocycles. The minimum atomic E-state index is -1.50. The van der Waals surface area contributed by atoms with Crippen molar-refractivity contribution in [2.75, 3.05) is 12.3 Å². The van der Waals surface area contributed by atoms with Gasteiger partial charge in [0.25, 0.3) is 0 Å². The number of nitrogens with two attached hydrogens (primary N) is 1. The summed E-state index contributed by atoms with van der Waals surface area (Å²) in [7, 11) is 0. The van der Waals surface area contributed by atoms with Gasteiger partial charge in [0.1, 0.15) is 17.3 Å². The molecule has 9 nitrogen and oxygen atoms in total. The number of nitrogens with zero attached hydrogens (tertiary/aromatic N) is 3. The van der Waals surface area contributed by atoms with Gasteiger partial charge in [-0.3, -0.25) is 9.36 Å². The van der Waals surface area contributed by atoms with Crippen molar-refractivity contribution in [1.82, 2.24) is 19.5 Å². The first-order chi connectivity index (χ1) is 11.3. The number of aromatic amines is 1. The Balaban J connectivity index is 2.25. The molecule has 0 radical (unpaired) electrons. The molecule has 3 heterocycles. The number of carbonyl (C=O) groups excluding carboxylic acids is 1. The van der Waals surface area contributed by atoms with Crippen LogP contribution in [0.3, 0.4) is 0 Å². The Morgan fingerprint density at radius 1 is 1.67 bits per heavy atom. The van der Waals surface area contributed by atoms with Gasteiger partial charge in [-0.25, -0.2) is 9.97 Å². The van der Waals surface area contributed by atoms with Crippen LogP contribution in [0.5, 0.6) is 0 Å². The van der Waals surface area contributed by atoms with E-state index in [0.717, 1.165) is 0 Å². The van der Waals surface area contributed by atoms with Crippen molar-refractivity contribution in [3.63, 3.8) is 0 Å². The molecule has 0 amide bonds.